The second-order valence-electron chi connectivity index (χ2n) is 6.07. The van der Waals surface area contributed by atoms with Crippen molar-refractivity contribution in [3.63, 3.8) is 0 Å². The van der Waals surface area contributed by atoms with Gasteiger partial charge in [0.05, 0.1) is 18.2 Å². The summed E-state index contributed by atoms with van der Waals surface area (Å²) in [5.74, 6) is -0.168. The monoisotopic (exact) mass is 392 g/mol. The molecule has 2 aromatic rings. The minimum Gasteiger partial charge on any atom is -0.395 e. The van der Waals surface area contributed by atoms with Crippen molar-refractivity contribution in [2.45, 2.75) is 25.6 Å². The van der Waals surface area contributed by atoms with Crippen LogP contribution in [0.2, 0.25) is 0 Å². The number of amides is 2. The molecule has 1 saturated heterocycles. The summed E-state index contributed by atoms with van der Waals surface area (Å²) in [6.45, 7) is 1.33. The minimum absolute atomic E-state index is 0.0662. The van der Waals surface area contributed by atoms with Crippen LogP contribution in [-0.4, -0.2) is 34.9 Å². The van der Waals surface area contributed by atoms with Crippen molar-refractivity contribution in [3.05, 3.63) is 34.1 Å². The quantitative estimate of drug-likeness (QED) is 0.787. The standard InChI is InChI=1S/C17H14F2N4O3S/c18-17(19)25-13-4-3-11(9-14(13)26-17)23-10-12(5-6-20)27-16(23)21-15(24)22-7-1-2-8-22/h3-4,9-10H,1-2,5,7-8H2/b21-16-. The Morgan fingerprint density at radius 2 is 2.04 bits per heavy atom. The number of thiazole rings is 1. The number of fused-ring (bicyclic) bond motifs is 1. The fourth-order valence-electron chi connectivity index (χ4n) is 2.96. The Hall–Kier alpha value is -2.93. The molecule has 2 amide bonds. The first-order valence-electron chi connectivity index (χ1n) is 8.27. The van der Waals surface area contributed by atoms with Crippen LogP contribution >= 0.6 is 11.3 Å². The molecule has 0 unspecified atom stereocenters. The maximum absolute atomic E-state index is 13.2. The van der Waals surface area contributed by atoms with E-state index in [2.05, 4.69) is 20.5 Å². The van der Waals surface area contributed by atoms with E-state index < -0.39 is 6.29 Å². The smallest absolute Gasteiger partial charge is 0.395 e. The molecule has 0 atom stereocenters. The second kappa shape index (κ2) is 6.66. The number of nitrogens with zero attached hydrogens (tertiary/aromatic N) is 4. The Labute approximate surface area is 156 Å². The van der Waals surface area contributed by atoms with E-state index in [4.69, 9.17) is 5.26 Å². The Bertz CT molecular complexity index is 1000. The van der Waals surface area contributed by atoms with Gasteiger partial charge in [-0.2, -0.15) is 10.3 Å². The number of carbonyl (C=O) groups is 1. The van der Waals surface area contributed by atoms with Crippen LogP contribution in [0.5, 0.6) is 11.5 Å². The zero-order valence-electron chi connectivity index (χ0n) is 14.0. The molecule has 1 aromatic heterocycles. The SMILES string of the molecule is N#CCc1cn(-c2ccc3c(c2)OC(F)(F)O3)/c(=N/C(=O)N2CCCC2)s1. The summed E-state index contributed by atoms with van der Waals surface area (Å²) in [6, 6.07) is 6.02. The predicted octanol–water partition coefficient (Wildman–Crippen LogP) is 3.04. The van der Waals surface area contributed by atoms with E-state index in [0.717, 1.165) is 12.8 Å². The third-order valence-electron chi connectivity index (χ3n) is 4.19. The highest BCUT2D eigenvalue weighted by Crippen LogP contribution is 2.41. The first-order chi connectivity index (χ1) is 12.9. The van der Waals surface area contributed by atoms with Gasteiger partial charge in [-0.1, -0.05) is 0 Å². The van der Waals surface area contributed by atoms with Gasteiger partial charge in [-0.15, -0.1) is 20.1 Å². The lowest BCUT2D eigenvalue weighted by Gasteiger charge is -2.10. The second-order valence-corrected chi connectivity index (χ2v) is 7.17. The van der Waals surface area contributed by atoms with Crippen LogP contribution in [0.25, 0.3) is 5.69 Å². The number of rotatable bonds is 2. The number of urea groups is 1. The maximum Gasteiger partial charge on any atom is 0.586 e. The molecule has 0 bridgehead atoms. The molecule has 0 spiro atoms. The van der Waals surface area contributed by atoms with Gasteiger partial charge in [0.2, 0.25) is 0 Å². The average Bonchev–Trinajstić information content (AvgIpc) is 3.31. The predicted molar refractivity (Wildman–Crippen MR) is 90.9 cm³/mol. The van der Waals surface area contributed by atoms with Crippen LogP contribution in [0.15, 0.2) is 29.4 Å². The molecule has 0 radical (unpaired) electrons. The van der Waals surface area contributed by atoms with Crippen LogP contribution in [-0.2, 0) is 6.42 Å². The largest absolute Gasteiger partial charge is 0.586 e. The first kappa shape index (κ1) is 17.5. The fourth-order valence-corrected chi connectivity index (χ4v) is 3.87. The topological polar surface area (TPSA) is 79.9 Å². The molecule has 0 saturated carbocycles. The lowest BCUT2D eigenvalue weighted by Crippen LogP contribution is -2.27. The van der Waals surface area contributed by atoms with E-state index in [0.29, 0.717) is 28.5 Å². The van der Waals surface area contributed by atoms with Gasteiger partial charge in [0.15, 0.2) is 16.3 Å². The maximum atomic E-state index is 13.2. The molecule has 7 nitrogen and oxygen atoms in total. The fraction of sp³-hybridized carbons (Fsp3) is 0.353. The van der Waals surface area contributed by atoms with Gasteiger partial charge in [0.1, 0.15) is 0 Å². The molecule has 2 aliphatic rings. The number of likely N-dealkylation sites (tertiary alicyclic amines) is 1. The van der Waals surface area contributed by atoms with Gasteiger partial charge >= 0.3 is 12.3 Å². The van der Waals surface area contributed by atoms with E-state index in [-0.39, 0.29) is 24.0 Å². The van der Waals surface area contributed by atoms with Crippen molar-refractivity contribution < 1.29 is 23.0 Å². The van der Waals surface area contributed by atoms with Crippen molar-refractivity contribution in [3.8, 4) is 23.3 Å². The molecule has 2 aliphatic heterocycles. The van der Waals surface area contributed by atoms with Gasteiger partial charge in [0, 0.05) is 30.2 Å². The Morgan fingerprint density at radius 3 is 2.78 bits per heavy atom. The number of hydrogen-bond acceptors (Lipinski definition) is 5. The highest BCUT2D eigenvalue weighted by atomic mass is 32.1. The van der Waals surface area contributed by atoms with Crippen LogP contribution < -0.4 is 14.3 Å². The van der Waals surface area contributed by atoms with Crippen LogP contribution in [0, 0.1) is 11.3 Å². The van der Waals surface area contributed by atoms with Crippen molar-refractivity contribution >= 4 is 17.4 Å². The minimum atomic E-state index is -3.70. The van der Waals surface area contributed by atoms with E-state index in [9.17, 15) is 13.6 Å². The van der Waals surface area contributed by atoms with Crippen molar-refractivity contribution in [2.24, 2.45) is 4.99 Å². The summed E-state index contributed by atoms with van der Waals surface area (Å²) in [7, 11) is 0. The lowest BCUT2D eigenvalue weighted by atomic mass is 10.2. The Balaban J connectivity index is 1.74. The van der Waals surface area contributed by atoms with Gasteiger partial charge in [0.25, 0.3) is 0 Å². The van der Waals surface area contributed by atoms with E-state index in [1.165, 1.54) is 23.5 Å². The Morgan fingerprint density at radius 1 is 1.30 bits per heavy atom. The highest BCUT2D eigenvalue weighted by Gasteiger charge is 2.43. The summed E-state index contributed by atoms with van der Waals surface area (Å²) in [5, 5.41) is 8.95. The number of hydrogen-bond donors (Lipinski definition) is 0. The lowest BCUT2D eigenvalue weighted by molar-refractivity contribution is -0.286. The van der Waals surface area contributed by atoms with Crippen molar-refractivity contribution in [2.75, 3.05) is 13.1 Å². The molecule has 3 heterocycles. The number of benzene rings is 1. The molecule has 27 heavy (non-hydrogen) atoms. The molecule has 1 fully saturated rings. The zero-order valence-corrected chi connectivity index (χ0v) is 14.8. The van der Waals surface area contributed by atoms with Crippen LogP contribution in [0.3, 0.4) is 0 Å². The van der Waals surface area contributed by atoms with Gasteiger partial charge in [-0.25, -0.2) is 4.79 Å². The highest BCUT2D eigenvalue weighted by molar-refractivity contribution is 7.09. The number of alkyl halides is 2. The number of aromatic nitrogens is 1. The molecule has 140 valence electrons. The number of carbonyl (C=O) groups excluding carboxylic acids is 1. The van der Waals surface area contributed by atoms with Gasteiger partial charge in [-0.3, -0.25) is 4.57 Å². The number of ether oxygens (including phenoxy) is 2. The Kier molecular flexibility index (Phi) is 4.31. The molecule has 4 rings (SSSR count). The van der Waals surface area contributed by atoms with Crippen molar-refractivity contribution in [1.82, 2.24) is 9.47 Å². The number of nitriles is 1. The summed E-state index contributed by atoms with van der Waals surface area (Å²) in [4.78, 5) is 19.3. The van der Waals surface area contributed by atoms with E-state index >= 15 is 0 Å². The third-order valence-corrected chi connectivity index (χ3v) is 5.17. The van der Waals surface area contributed by atoms with Crippen LogP contribution in [0.4, 0.5) is 13.6 Å². The van der Waals surface area contributed by atoms with Gasteiger partial charge < -0.3 is 14.4 Å². The van der Waals surface area contributed by atoms with E-state index in [1.54, 1.807) is 21.7 Å². The molecule has 10 heteroatoms. The molecule has 1 aromatic carbocycles. The summed E-state index contributed by atoms with van der Waals surface area (Å²) >= 11 is 1.21. The first-order valence-corrected chi connectivity index (χ1v) is 9.09. The third kappa shape index (κ3) is 3.50. The van der Waals surface area contributed by atoms with Crippen LogP contribution in [0.1, 0.15) is 17.7 Å². The van der Waals surface area contributed by atoms with Crippen molar-refractivity contribution in [1.29, 1.82) is 5.26 Å². The van der Waals surface area contributed by atoms with Gasteiger partial charge in [-0.05, 0) is 25.0 Å². The number of halogens is 2. The molecular formula is C17H14F2N4O3S. The molecular weight excluding hydrogens is 378 g/mol. The zero-order chi connectivity index (χ0) is 19.0. The normalized spacial score (nSPS) is 18.0. The summed E-state index contributed by atoms with van der Waals surface area (Å²) in [5.41, 5.74) is 0.475. The molecule has 0 aliphatic carbocycles. The summed E-state index contributed by atoms with van der Waals surface area (Å²) in [6.07, 6.45) is 0.00898. The summed E-state index contributed by atoms with van der Waals surface area (Å²) < 4.78 is 37.0. The molecule has 0 N–H and O–H groups in total. The van der Waals surface area contributed by atoms with E-state index in [1.807, 2.05) is 0 Å². The average molecular weight is 392 g/mol.